The van der Waals surface area contributed by atoms with E-state index in [1.807, 2.05) is 0 Å². The molecule has 0 bridgehead atoms. The molecule has 1 aliphatic rings. The van der Waals surface area contributed by atoms with E-state index in [4.69, 9.17) is 19.3 Å². The average molecular weight is 604 g/mol. The standard InChI is InChI=1S/C32H30FN3O8/c1-32(2,19-43-29(39)11-10-28(37)38)14-12-20-4-9-27-26(16-20)36(3)31(41)25(18-42-27)35-30(40)24-17-23(13-15-34-24)44-22-7-5-21(33)6-8-22/h4-9,13,15-17,25H,10-11,18-19H2,1-3H3,(H,35,40)(H,37,38)/t25-/m0/s1. The molecule has 44 heavy (non-hydrogen) atoms. The largest absolute Gasteiger partial charge is 0.489 e. The topological polar surface area (TPSA) is 144 Å². The number of ether oxygens (including phenoxy) is 3. The van der Waals surface area contributed by atoms with Gasteiger partial charge in [-0.2, -0.15) is 0 Å². The van der Waals surface area contributed by atoms with Gasteiger partial charge in [0.05, 0.1) is 23.9 Å². The van der Waals surface area contributed by atoms with Crippen LogP contribution in [-0.4, -0.2) is 60.1 Å². The zero-order chi connectivity index (χ0) is 31.9. The molecule has 12 heteroatoms. The van der Waals surface area contributed by atoms with Gasteiger partial charge in [0, 0.05) is 24.9 Å². The van der Waals surface area contributed by atoms with Crippen molar-refractivity contribution < 1.29 is 42.9 Å². The number of esters is 1. The van der Waals surface area contributed by atoms with Crippen molar-refractivity contribution in [2.45, 2.75) is 32.7 Å². The number of fused-ring (bicyclic) bond motifs is 1. The van der Waals surface area contributed by atoms with Crippen LogP contribution in [0, 0.1) is 23.1 Å². The summed E-state index contributed by atoms with van der Waals surface area (Å²) in [5.74, 6) is 4.01. The number of benzene rings is 2. The number of rotatable bonds is 9. The molecule has 1 aromatic heterocycles. The van der Waals surface area contributed by atoms with Crippen molar-refractivity contribution in [3.05, 3.63) is 77.9 Å². The highest BCUT2D eigenvalue weighted by atomic mass is 19.1. The van der Waals surface area contributed by atoms with Gasteiger partial charge in [-0.05, 0) is 62.4 Å². The lowest BCUT2D eigenvalue weighted by molar-refractivity contribution is -0.149. The Balaban J connectivity index is 1.40. The van der Waals surface area contributed by atoms with E-state index in [1.54, 1.807) is 45.2 Å². The molecule has 2 amide bonds. The summed E-state index contributed by atoms with van der Waals surface area (Å²) in [6, 6.07) is 12.4. The third-order valence-electron chi connectivity index (χ3n) is 6.36. The van der Waals surface area contributed by atoms with Crippen LogP contribution in [0.5, 0.6) is 17.2 Å². The summed E-state index contributed by atoms with van der Waals surface area (Å²) in [6.45, 7) is 3.40. The molecule has 11 nitrogen and oxygen atoms in total. The number of aliphatic carboxylic acids is 1. The maximum atomic E-state index is 13.3. The minimum atomic E-state index is -1.08. The van der Waals surface area contributed by atoms with E-state index in [0.717, 1.165) is 0 Å². The Kier molecular flexibility index (Phi) is 9.80. The van der Waals surface area contributed by atoms with Crippen LogP contribution in [0.4, 0.5) is 10.1 Å². The highest BCUT2D eigenvalue weighted by molar-refractivity contribution is 6.03. The van der Waals surface area contributed by atoms with E-state index in [-0.39, 0.29) is 31.7 Å². The maximum Gasteiger partial charge on any atom is 0.306 e. The maximum absolute atomic E-state index is 13.3. The minimum Gasteiger partial charge on any atom is -0.489 e. The van der Waals surface area contributed by atoms with Gasteiger partial charge in [-0.25, -0.2) is 4.39 Å². The third-order valence-corrected chi connectivity index (χ3v) is 6.36. The number of pyridine rings is 1. The number of halogens is 1. The molecule has 0 unspecified atom stereocenters. The molecular formula is C32H30FN3O8. The van der Waals surface area contributed by atoms with Crippen molar-refractivity contribution in [1.82, 2.24) is 10.3 Å². The number of hydrogen-bond donors (Lipinski definition) is 2. The summed E-state index contributed by atoms with van der Waals surface area (Å²) < 4.78 is 29.9. The fourth-order valence-electron chi connectivity index (χ4n) is 3.97. The van der Waals surface area contributed by atoms with E-state index < -0.39 is 41.0 Å². The van der Waals surface area contributed by atoms with Crippen LogP contribution in [0.2, 0.25) is 0 Å². The van der Waals surface area contributed by atoms with Crippen molar-refractivity contribution in [3.8, 4) is 29.1 Å². The molecule has 1 aliphatic heterocycles. The number of carbonyl (C=O) groups is 4. The SMILES string of the molecule is CN1C(=O)[C@@H](NC(=O)c2cc(Oc3ccc(F)cc3)ccn2)COc2ccc(C#CC(C)(C)COC(=O)CCC(=O)O)cc21. The van der Waals surface area contributed by atoms with Gasteiger partial charge in [0.2, 0.25) is 0 Å². The van der Waals surface area contributed by atoms with Crippen LogP contribution >= 0.6 is 0 Å². The molecule has 1 atom stereocenters. The first-order valence-corrected chi connectivity index (χ1v) is 13.6. The number of nitrogens with zero attached hydrogens (tertiary/aromatic N) is 2. The fourth-order valence-corrected chi connectivity index (χ4v) is 3.97. The Labute approximate surface area is 252 Å². The Hall–Kier alpha value is -5.44. The number of amides is 2. The lowest BCUT2D eigenvalue weighted by Crippen LogP contribution is -2.49. The Morgan fingerprint density at radius 2 is 1.86 bits per heavy atom. The van der Waals surface area contributed by atoms with E-state index in [9.17, 15) is 23.6 Å². The third kappa shape index (κ3) is 8.54. The van der Waals surface area contributed by atoms with Crippen LogP contribution in [0.3, 0.4) is 0 Å². The van der Waals surface area contributed by atoms with Gasteiger partial charge in [0.1, 0.15) is 48.0 Å². The molecule has 0 saturated carbocycles. The summed E-state index contributed by atoms with van der Waals surface area (Å²) >= 11 is 0. The predicted molar refractivity (Wildman–Crippen MR) is 156 cm³/mol. The van der Waals surface area contributed by atoms with E-state index in [1.165, 1.54) is 41.4 Å². The molecule has 0 fully saturated rings. The van der Waals surface area contributed by atoms with Gasteiger partial charge in [-0.1, -0.05) is 11.8 Å². The summed E-state index contributed by atoms with van der Waals surface area (Å²) in [5, 5.41) is 11.4. The zero-order valence-corrected chi connectivity index (χ0v) is 24.3. The van der Waals surface area contributed by atoms with Gasteiger partial charge >= 0.3 is 11.9 Å². The molecule has 2 aromatic carbocycles. The molecule has 0 spiro atoms. The van der Waals surface area contributed by atoms with E-state index in [0.29, 0.717) is 28.5 Å². The van der Waals surface area contributed by atoms with Crippen molar-refractivity contribution in [1.29, 1.82) is 0 Å². The van der Waals surface area contributed by atoms with E-state index in [2.05, 4.69) is 22.1 Å². The number of anilines is 1. The monoisotopic (exact) mass is 603 g/mol. The van der Waals surface area contributed by atoms with Crippen molar-refractivity contribution in [2.24, 2.45) is 5.41 Å². The van der Waals surface area contributed by atoms with Crippen molar-refractivity contribution in [3.63, 3.8) is 0 Å². The van der Waals surface area contributed by atoms with Crippen molar-refractivity contribution >= 4 is 29.4 Å². The smallest absolute Gasteiger partial charge is 0.306 e. The number of carbonyl (C=O) groups excluding carboxylic acids is 3. The average Bonchev–Trinajstić information content (AvgIpc) is 3.11. The molecule has 3 aromatic rings. The molecule has 4 rings (SSSR count). The summed E-state index contributed by atoms with van der Waals surface area (Å²) in [7, 11) is 1.56. The van der Waals surface area contributed by atoms with Gasteiger partial charge in [0.25, 0.3) is 11.8 Å². The van der Waals surface area contributed by atoms with E-state index >= 15 is 0 Å². The quantitative estimate of drug-likeness (QED) is 0.274. The Morgan fingerprint density at radius 3 is 2.59 bits per heavy atom. The van der Waals surface area contributed by atoms with Crippen LogP contribution in [-0.2, 0) is 19.1 Å². The number of likely N-dealkylation sites (N-methyl/N-ethyl adjacent to an activating group) is 1. The highest BCUT2D eigenvalue weighted by Crippen LogP contribution is 2.32. The zero-order valence-electron chi connectivity index (χ0n) is 24.3. The summed E-state index contributed by atoms with van der Waals surface area (Å²) in [4.78, 5) is 54.2. The second kappa shape index (κ2) is 13.7. The molecule has 2 N–H and O–H groups in total. The molecule has 228 valence electrons. The number of carboxylic acids is 1. The van der Waals surface area contributed by atoms with Gasteiger partial charge in [-0.3, -0.25) is 24.2 Å². The Morgan fingerprint density at radius 1 is 1.11 bits per heavy atom. The fraction of sp³-hybridized carbons (Fsp3) is 0.281. The van der Waals surface area contributed by atoms with Gasteiger partial charge < -0.3 is 29.5 Å². The normalized spacial score (nSPS) is 14.2. The first-order chi connectivity index (χ1) is 20.9. The van der Waals surface area contributed by atoms with Crippen molar-refractivity contribution in [2.75, 3.05) is 25.2 Å². The second-order valence-electron chi connectivity index (χ2n) is 10.5. The highest BCUT2D eigenvalue weighted by Gasteiger charge is 2.31. The number of aromatic nitrogens is 1. The lowest BCUT2D eigenvalue weighted by atomic mass is 9.95. The molecular weight excluding hydrogens is 573 g/mol. The summed E-state index contributed by atoms with van der Waals surface area (Å²) in [5.41, 5.74) is 0.301. The van der Waals surface area contributed by atoms with Crippen LogP contribution < -0.4 is 19.7 Å². The lowest BCUT2D eigenvalue weighted by Gasteiger charge is -2.20. The van der Waals surface area contributed by atoms with Gasteiger partial charge in [0.15, 0.2) is 0 Å². The first kappa shape index (κ1) is 31.5. The Bertz CT molecular complexity index is 1630. The van der Waals surface area contributed by atoms with Crippen LogP contribution in [0.1, 0.15) is 42.7 Å². The molecule has 0 radical (unpaired) electrons. The number of nitrogens with one attached hydrogen (secondary N) is 1. The number of carboxylic acid groups (broad SMARTS) is 1. The van der Waals surface area contributed by atoms with Gasteiger partial charge in [-0.15, -0.1) is 0 Å². The second-order valence-corrected chi connectivity index (χ2v) is 10.5. The minimum absolute atomic E-state index is 0.00886. The molecule has 0 saturated heterocycles. The molecule has 0 aliphatic carbocycles. The predicted octanol–water partition coefficient (Wildman–Crippen LogP) is 3.95. The van der Waals surface area contributed by atoms with Crippen LogP contribution in [0.15, 0.2) is 60.8 Å². The number of hydrogen-bond acceptors (Lipinski definition) is 8. The first-order valence-electron chi connectivity index (χ1n) is 13.6. The molecule has 2 heterocycles. The summed E-state index contributed by atoms with van der Waals surface area (Å²) in [6.07, 6.45) is 0.853. The van der Waals surface area contributed by atoms with Crippen LogP contribution in [0.25, 0.3) is 0 Å².